The van der Waals surface area contributed by atoms with Gasteiger partial charge in [0, 0.05) is 0 Å². The summed E-state index contributed by atoms with van der Waals surface area (Å²) in [5, 5.41) is 0. The number of alkyl halides is 2. The molecule has 0 bridgehead atoms. The molecule has 0 N–H and O–H groups in total. The first-order chi connectivity index (χ1) is 4.72. The number of Topliss-reactive ketones (excluding diaryl/α,β-unsaturated/α-hetero) is 1. The first-order valence-corrected chi connectivity index (χ1v) is 4.41. The van der Waals surface area contributed by atoms with Crippen LogP contribution in [-0.4, -0.2) is 9.52 Å². The van der Waals surface area contributed by atoms with Crippen molar-refractivity contribution in [3.8, 4) is 0 Å². The van der Waals surface area contributed by atoms with Crippen molar-refractivity contribution in [2.45, 2.75) is 3.74 Å². The zero-order valence-electron chi connectivity index (χ0n) is 4.88. The van der Waals surface area contributed by atoms with E-state index in [0.29, 0.717) is 5.76 Å². The summed E-state index contributed by atoms with van der Waals surface area (Å²) in [7, 11) is 0. The summed E-state index contributed by atoms with van der Waals surface area (Å²) in [5.41, 5.74) is 0. The van der Waals surface area contributed by atoms with Crippen LogP contribution in [0.25, 0.3) is 0 Å². The lowest BCUT2D eigenvalue weighted by Gasteiger charge is -1.93. The highest BCUT2D eigenvalue weighted by Gasteiger charge is 2.15. The van der Waals surface area contributed by atoms with Crippen molar-refractivity contribution in [3.63, 3.8) is 0 Å². The van der Waals surface area contributed by atoms with Crippen molar-refractivity contribution in [1.29, 1.82) is 0 Å². The maximum Gasteiger partial charge on any atom is 0.222 e. The van der Waals surface area contributed by atoms with Gasteiger partial charge in [-0.3, -0.25) is 4.79 Å². The van der Waals surface area contributed by atoms with Crippen molar-refractivity contribution in [2.24, 2.45) is 0 Å². The van der Waals surface area contributed by atoms with Crippen molar-refractivity contribution < 1.29 is 9.21 Å². The molecular weight excluding hydrogens is 264 g/mol. The molecule has 2 nitrogen and oxygen atoms in total. The van der Waals surface area contributed by atoms with Gasteiger partial charge in [0.05, 0.1) is 6.26 Å². The third-order valence-electron chi connectivity index (χ3n) is 0.962. The highest BCUT2D eigenvalue weighted by atomic mass is 79.9. The van der Waals surface area contributed by atoms with Crippen molar-refractivity contribution >= 4 is 37.6 Å². The molecule has 54 valence electrons. The fraction of sp³-hybridized carbons (Fsp3) is 0.167. The Kier molecular flexibility index (Phi) is 2.68. The van der Waals surface area contributed by atoms with Crippen LogP contribution in [0.5, 0.6) is 0 Å². The second kappa shape index (κ2) is 3.34. The maximum absolute atomic E-state index is 11.0. The fourth-order valence-electron chi connectivity index (χ4n) is 0.526. The van der Waals surface area contributed by atoms with E-state index in [4.69, 9.17) is 4.42 Å². The number of hydrogen-bond acceptors (Lipinski definition) is 2. The molecule has 10 heavy (non-hydrogen) atoms. The smallest absolute Gasteiger partial charge is 0.222 e. The minimum Gasteiger partial charge on any atom is -0.461 e. The van der Waals surface area contributed by atoms with Gasteiger partial charge < -0.3 is 4.42 Å². The number of carbonyl (C=O) groups excluding carboxylic acids is 1. The number of hydrogen-bond donors (Lipinski definition) is 0. The van der Waals surface area contributed by atoms with Crippen molar-refractivity contribution in [2.75, 3.05) is 0 Å². The van der Waals surface area contributed by atoms with Gasteiger partial charge in [0.2, 0.25) is 5.78 Å². The lowest BCUT2D eigenvalue weighted by Crippen LogP contribution is -2.04. The summed E-state index contributed by atoms with van der Waals surface area (Å²) in [4.78, 5) is 11.0. The van der Waals surface area contributed by atoms with E-state index in [1.54, 1.807) is 12.1 Å². The van der Waals surface area contributed by atoms with Crippen LogP contribution in [-0.2, 0) is 0 Å². The molecule has 0 atom stereocenters. The normalized spacial score (nSPS) is 10.3. The SMILES string of the molecule is O=C(c1ccco1)C(Br)Br. The maximum atomic E-state index is 11.0. The summed E-state index contributed by atoms with van der Waals surface area (Å²) in [6, 6.07) is 3.30. The van der Waals surface area contributed by atoms with Crippen LogP contribution in [0.2, 0.25) is 0 Å². The molecule has 0 fully saturated rings. The van der Waals surface area contributed by atoms with E-state index < -0.39 is 0 Å². The number of halogens is 2. The van der Waals surface area contributed by atoms with Gasteiger partial charge in [-0.15, -0.1) is 0 Å². The average molecular weight is 268 g/mol. The zero-order chi connectivity index (χ0) is 7.56. The Morgan fingerprint density at radius 2 is 2.30 bits per heavy atom. The monoisotopic (exact) mass is 266 g/mol. The predicted octanol–water partition coefficient (Wildman–Crippen LogP) is 2.58. The lowest BCUT2D eigenvalue weighted by molar-refractivity contribution is 0.0987. The Labute approximate surface area is 74.9 Å². The fourth-order valence-corrected chi connectivity index (χ4v) is 0.978. The molecule has 1 aromatic rings. The molecule has 0 aliphatic carbocycles. The van der Waals surface area contributed by atoms with Crippen LogP contribution in [0.3, 0.4) is 0 Å². The summed E-state index contributed by atoms with van der Waals surface area (Å²) in [5.74, 6) is 0.253. The van der Waals surface area contributed by atoms with Crippen LogP contribution >= 0.6 is 31.9 Å². The Bertz CT molecular complexity index is 216. The Balaban J connectivity index is 2.78. The minimum absolute atomic E-state index is 0.106. The first kappa shape index (κ1) is 8.01. The van der Waals surface area contributed by atoms with Crippen molar-refractivity contribution in [1.82, 2.24) is 0 Å². The third-order valence-corrected chi connectivity index (χ3v) is 1.79. The van der Waals surface area contributed by atoms with E-state index in [2.05, 4.69) is 31.9 Å². The molecule has 0 saturated carbocycles. The molecule has 1 heterocycles. The predicted molar refractivity (Wildman–Crippen MR) is 44.7 cm³/mol. The van der Waals surface area contributed by atoms with Gasteiger partial charge in [0.15, 0.2) is 5.76 Å². The van der Waals surface area contributed by atoms with E-state index >= 15 is 0 Å². The Morgan fingerprint density at radius 1 is 1.60 bits per heavy atom. The van der Waals surface area contributed by atoms with Crippen molar-refractivity contribution in [3.05, 3.63) is 24.2 Å². The molecule has 4 heteroatoms. The van der Waals surface area contributed by atoms with E-state index in [1.165, 1.54) is 6.26 Å². The second-order valence-corrected chi connectivity index (χ2v) is 4.70. The van der Waals surface area contributed by atoms with E-state index in [9.17, 15) is 4.79 Å². The molecular formula is C6H4Br2O2. The topological polar surface area (TPSA) is 30.2 Å². The molecule has 0 aliphatic heterocycles. The van der Waals surface area contributed by atoms with Gasteiger partial charge in [0.1, 0.15) is 3.74 Å². The summed E-state index contributed by atoms with van der Waals surface area (Å²) < 4.78 is 4.49. The molecule has 0 radical (unpaired) electrons. The van der Waals surface area contributed by atoms with Crippen LogP contribution in [0.15, 0.2) is 22.8 Å². The summed E-state index contributed by atoms with van der Waals surface area (Å²) in [6.07, 6.45) is 1.47. The van der Waals surface area contributed by atoms with E-state index in [-0.39, 0.29) is 9.52 Å². The molecule has 1 rings (SSSR count). The third kappa shape index (κ3) is 1.70. The van der Waals surface area contributed by atoms with E-state index in [0.717, 1.165) is 0 Å². The molecule has 1 aromatic heterocycles. The number of ketones is 1. The van der Waals surface area contributed by atoms with Gasteiger partial charge in [-0.05, 0) is 12.1 Å². The summed E-state index contributed by atoms with van der Waals surface area (Å²) >= 11 is 6.14. The van der Waals surface area contributed by atoms with Gasteiger partial charge in [-0.25, -0.2) is 0 Å². The van der Waals surface area contributed by atoms with Gasteiger partial charge in [0.25, 0.3) is 0 Å². The Morgan fingerprint density at radius 3 is 2.70 bits per heavy atom. The largest absolute Gasteiger partial charge is 0.461 e. The molecule has 0 spiro atoms. The van der Waals surface area contributed by atoms with Crippen LogP contribution in [0, 0.1) is 0 Å². The Hall–Kier alpha value is -0.0900. The number of furan rings is 1. The molecule has 0 aliphatic rings. The lowest BCUT2D eigenvalue weighted by atomic mass is 10.3. The molecule has 0 amide bonds. The summed E-state index contributed by atoms with van der Waals surface area (Å²) in [6.45, 7) is 0. The van der Waals surface area contributed by atoms with Crippen LogP contribution in [0.4, 0.5) is 0 Å². The zero-order valence-corrected chi connectivity index (χ0v) is 8.05. The highest BCUT2D eigenvalue weighted by molar-refractivity contribution is 9.25. The number of rotatable bonds is 2. The quantitative estimate of drug-likeness (QED) is 0.609. The standard InChI is InChI=1S/C6H4Br2O2/c7-6(8)5(9)4-2-1-3-10-4/h1-3,6H. The van der Waals surface area contributed by atoms with Crippen LogP contribution < -0.4 is 0 Å². The number of carbonyl (C=O) groups is 1. The molecule has 0 saturated heterocycles. The van der Waals surface area contributed by atoms with Crippen LogP contribution in [0.1, 0.15) is 10.6 Å². The first-order valence-electron chi connectivity index (χ1n) is 2.57. The second-order valence-electron chi connectivity index (χ2n) is 1.64. The van der Waals surface area contributed by atoms with E-state index in [1.807, 2.05) is 0 Å². The minimum atomic E-state index is -0.355. The molecule has 0 aromatic carbocycles. The molecule has 0 unspecified atom stereocenters. The van der Waals surface area contributed by atoms with Gasteiger partial charge >= 0.3 is 0 Å². The average Bonchev–Trinajstić information content (AvgIpc) is 2.36. The van der Waals surface area contributed by atoms with Gasteiger partial charge in [-0.2, -0.15) is 0 Å². The highest BCUT2D eigenvalue weighted by Crippen LogP contribution is 2.15. The van der Waals surface area contributed by atoms with Gasteiger partial charge in [-0.1, -0.05) is 31.9 Å².